The van der Waals surface area contributed by atoms with Crippen LogP contribution in [0.25, 0.3) is 11.8 Å². The SMILES string of the molecule is O=C(/C=C/c1ccc(-n2cncn2)c(F)c1)c1cccc(C(F)(F)F)c1. The second-order valence-electron chi connectivity index (χ2n) is 5.33. The van der Waals surface area contributed by atoms with Crippen LogP contribution in [0, 0.1) is 5.82 Å². The number of carbonyl (C=O) groups excluding carboxylic acids is 1. The summed E-state index contributed by atoms with van der Waals surface area (Å²) in [6, 6.07) is 8.31. The van der Waals surface area contributed by atoms with Crippen LogP contribution in [-0.4, -0.2) is 20.5 Å². The summed E-state index contributed by atoms with van der Waals surface area (Å²) in [4.78, 5) is 15.8. The zero-order valence-electron chi connectivity index (χ0n) is 13.1. The lowest BCUT2D eigenvalue weighted by Crippen LogP contribution is -2.06. The van der Waals surface area contributed by atoms with E-state index < -0.39 is 23.3 Å². The van der Waals surface area contributed by atoms with Crippen molar-refractivity contribution in [3.63, 3.8) is 0 Å². The van der Waals surface area contributed by atoms with E-state index in [-0.39, 0.29) is 11.3 Å². The largest absolute Gasteiger partial charge is 0.416 e. The van der Waals surface area contributed by atoms with Gasteiger partial charge in [-0.05, 0) is 35.9 Å². The fraction of sp³-hybridized carbons (Fsp3) is 0.0556. The molecule has 0 spiro atoms. The van der Waals surface area contributed by atoms with E-state index in [0.717, 1.165) is 24.3 Å². The first-order chi connectivity index (χ1) is 12.3. The summed E-state index contributed by atoms with van der Waals surface area (Å²) in [6.07, 6.45) is 0.503. The Kier molecular flexibility index (Phi) is 4.66. The summed E-state index contributed by atoms with van der Waals surface area (Å²) in [5.41, 5.74) is -0.439. The number of nitrogens with zero attached hydrogens (tertiary/aromatic N) is 3. The van der Waals surface area contributed by atoms with Crippen LogP contribution in [0.15, 0.2) is 61.2 Å². The molecule has 1 aromatic heterocycles. The molecule has 0 bridgehead atoms. The van der Waals surface area contributed by atoms with E-state index in [4.69, 9.17) is 0 Å². The summed E-state index contributed by atoms with van der Waals surface area (Å²) >= 11 is 0. The molecule has 0 aliphatic heterocycles. The highest BCUT2D eigenvalue weighted by Crippen LogP contribution is 2.29. The Hall–Kier alpha value is -3.29. The van der Waals surface area contributed by atoms with Crippen molar-refractivity contribution in [2.75, 3.05) is 0 Å². The van der Waals surface area contributed by atoms with Gasteiger partial charge in [-0.3, -0.25) is 4.79 Å². The minimum Gasteiger partial charge on any atom is -0.289 e. The van der Waals surface area contributed by atoms with Gasteiger partial charge < -0.3 is 0 Å². The highest BCUT2D eigenvalue weighted by molar-refractivity contribution is 6.06. The van der Waals surface area contributed by atoms with Crippen LogP contribution in [0.3, 0.4) is 0 Å². The van der Waals surface area contributed by atoms with Gasteiger partial charge >= 0.3 is 6.18 Å². The van der Waals surface area contributed by atoms with Gasteiger partial charge in [0.2, 0.25) is 0 Å². The van der Waals surface area contributed by atoms with Gasteiger partial charge in [0.05, 0.1) is 5.56 Å². The number of halogens is 4. The van der Waals surface area contributed by atoms with Crippen LogP contribution in [0.4, 0.5) is 17.6 Å². The Morgan fingerprint density at radius 2 is 1.92 bits per heavy atom. The van der Waals surface area contributed by atoms with Crippen LogP contribution in [-0.2, 0) is 6.18 Å². The lowest BCUT2D eigenvalue weighted by molar-refractivity contribution is -0.137. The van der Waals surface area contributed by atoms with Gasteiger partial charge in [-0.2, -0.15) is 18.3 Å². The molecule has 0 saturated carbocycles. The number of benzene rings is 2. The van der Waals surface area contributed by atoms with Gasteiger partial charge in [-0.1, -0.05) is 24.3 Å². The molecule has 0 aliphatic carbocycles. The average Bonchev–Trinajstić information content (AvgIpc) is 3.13. The molecule has 4 nitrogen and oxygen atoms in total. The topological polar surface area (TPSA) is 47.8 Å². The van der Waals surface area contributed by atoms with Gasteiger partial charge in [-0.25, -0.2) is 14.1 Å². The summed E-state index contributed by atoms with van der Waals surface area (Å²) in [7, 11) is 0. The molecule has 2 aromatic carbocycles. The third-order valence-corrected chi connectivity index (χ3v) is 3.54. The average molecular weight is 361 g/mol. The molecular weight excluding hydrogens is 350 g/mol. The van der Waals surface area contributed by atoms with E-state index in [9.17, 15) is 22.4 Å². The fourth-order valence-electron chi connectivity index (χ4n) is 2.26. The Balaban J connectivity index is 1.80. The van der Waals surface area contributed by atoms with Crippen molar-refractivity contribution in [2.24, 2.45) is 0 Å². The molecule has 3 aromatic rings. The van der Waals surface area contributed by atoms with Gasteiger partial charge in [0.1, 0.15) is 24.2 Å². The first kappa shape index (κ1) is 17.5. The monoisotopic (exact) mass is 361 g/mol. The predicted molar refractivity (Wildman–Crippen MR) is 86.1 cm³/mol. The first-order valence-corrected chi connectivity index (χ1v) is 7.39. The molecule has 0 amide bonds. The lowest BCUT2D eigenvalue weighted by Gasteiger charge is -2.07. The zero-order valence-corrected chi connectivity index (χ0v) is 13.1. The highest BCUT2D eigenvalue weighted by atomic mass is 19.4. The number of hydrogen-bond acceptors (Lipinski definition) is 3. The molecule has 0 atom stereocenters. The summed E-state index contributed by atoms with van der Waals surface area (Å²) < 4.78 is 53.5. The third kappa shape index (κ3) is 3.85. The van der Waals surface area contributed by atoms with Crippen LogP contribution in [0.5, 0.6) is 0 Å². The normalized spacial score (nSPS) is 11.8. The minimum atomic E-state index is -4.53. The van der Waals surface area contributed by atoms with Gasteiger partial charge in [0.15, 0.2) is 5.78 Å². The zero-order chi connectivity index (χ0) is 18.7. The van der Waals surface area contributed by atoms with E-state index in [1.165, 1.54) is 41.6 Å². The van der Waals surface area contributed by atoms with E-state index in [0.29, 0.717) is 5.56 Å². The minimum absolute atomic E-state index is 0.101. The fourth-order valence-corrected chi connectivity index (χ4v) is 2.26. The number of carbonyl (C=O) groups is 1. The van der Waals surface area contributed by atoms with Crippen molar-refractivity contribution in [1.29, 1.82) is 0 Å². The molecular formula is C18H11F4N3O. The quantitative estimate of drug-likeness (QED) is 0.395. The maximum atomic E-state index is 14.1. The maximum Gasteiger partial charge on any atom is 0.416 e. The third-order valence-electron chi connectivity index (χ3n) is 3.54. The van der Waals surface area contributed by atoms with Crippen molar-refractivity contribution < 1.29 is 22.4 Å². The predicted octanol–water partition coefficient (Wildman–Crippen LogP) is 4.32. The van der Waals surface area contributed by atoms with Gasteiger partial charge in [-0.15, -0.1) is 0 Å². The number of alkyl halides is 3. The standard InChI is InChI=1S/C18H11F4N3O/c19-15-8-12(4-6-16(15)25-11-23-10-24-25)5-7-17(26)13-2-1-3-14(9-13)18(20,21)22/h1-11H/b7-5+. The first-order valence-electron chi connectivity index (χ1n) is 7.39. The smallest absolute Gasteiger partial charge is 0.289 e. The Morgan fingerprint density at radius 1 is 1.12 bits per heavy atom. The van der Waals surface area contributed by atoms with Gasteiger partial charge in [0.25, 0.3) is 0 Å². The summed E-state index contributed by atoms with van der Waals surface area (Å²) in [6.45, 7) is 0. The van der Waals surface area contributed by atoms with Crippen LogP contribution >= 0.6 is 0 Å². The van der Waals surface area contributed by atoms with Crippen LogP contribution < -0.4 is 0 Å². The molecule has 3 rings (SSSR count). The number of aromatic nitrogens is 3. The molecule has 0 radical (unpaired) electrons. The van der Waals surface area contributed by atoms with E-state index in [1.807, 2.05) is 0 Å². The van der Waals surface area contributed by atoms with Crippen molar-refractivity contribution in [3.05, 3.63) is 83.7 Å². The Morgan fingerprint density at radius 3 is 2.58 bits per heavy atom. The molecule has 1 heterocycles. The van der Waals surface area contributed by atoms with Crippen molar-refractivity contribution in [1.82, 2.24) is 14.8 Å². The molecule has 0 N–H and O–H groups in total. The van der Waals surface area contributed by atoms with Crippen LogP contribution in [0.2, 0.25) is 0 Å². The lowest BCUT2D eigenvalue weighted by atomic mass is 10.1. The van der Waals surface area contributed by atoms with E-state index in [1.54, 1.807) is 6.07 Å². The van der Waals surface area contributed by atoms with E-state index in [2.05, 4.69) is 10.1 Å². The number of hydrogen-bond donors (Lipinski definition) is 0. The molecule has 8 heteroatoms. The Bertz CT molecular complexity index is 963. The molecule has 0 unspecified atom stereocenters. The summed E-state index contributed by atoms with van der Waals surface area (Å²) in [5, 5.41) is 3.82. The number of allylic oxidation sites excluding steroid dienone is 1. The van der Waals surface area contributed by atoms with E-state index >= 15 is 0 Å². The summed E-state index contributed by atoms with van der Waals surface area (Å²) in [5.74, 6) is -1.19. The second kappa shape index (κ2) is 6.91. The Labute approximate surface area is 145 Å². The highest BCUT2D eigenvalue weighted by Gasteiger charge is 2.30. The van der Waals surface area contributed by atoms with Crippen molar-refractivity contribution in [3.8, 4) is 5.69 Å². The number of rotatable bonds is 4. The maximum absolute atomic E-state index is 14.1. The van der Waals surface area contributed by atoms with Crippen LogP contribution in [0.1, 0.15) is 21.5 Å². The van der Waals surface area contributed by atoms with Crippen molar-refractivity contribution >= 4 is 11.9 Å². The molecule has 132 valence electrons. The second-order valence-corrected chi connectivity index (χ2v) is 5.33. The number of ketones is 1. The molecule has 26 heavy (non-hydrogen) atoms. The molecule has 0 aliphatic rings. The molecule has 0 fully saturated rings. The van der Waals surface area contributed by atoms with Crippen molar-refractivity contribution in [2.45, 2.75) is 6.18 Å². The molecule has 0 saturated heterocycles. The van der Waals surface area contributed by atoms with Gasteiger partial charge in [0, 0.05) is 5.56 Å².